The lowest BCUT2D eigenvalue weighted by Crippen LogP contribution is -2.29. The molecule has 2 aromatic rings. The Morgan fingerprint density at radius 2 is 2.00 bits per heavy atom. The normalized spacial score (nSPS) is 23.5. The molecule has 1 aromatic heterocycles. The highest BCUT2D eigenvalue weighted by molar-refractivity contribution is 5.85. The van der Waals surface area contributed by atoms with E-state index in [0.29, 0.717) is 11.3 Å². The lowest BCUT2D eigenvalue weighted by Gasteiger charge is -2.22. The summed E-state index contributed by atoms with van der Waals surface area (Å²) < 4.78 is 2.05. The minimum atomic E-state index is 0. The molecule has 2 saturated heterocycles. The van der Waals surface area contributed by atoms with Crippen LogP contribution in [0.4, 0.5) is 0 Å². The molecule has 5 heteroatoms. The predicted molar refractivity (Wildman–Crippen MR) is 105 cm³/mol. The van der Waals surface area contributed by atoms with Crippen LogP contribution in [-0.4, -0.2) is 40.9 Å². The van der Waals surface area contributed by atoms with Crippen LogP contribution < -0.4 is 5.32 Å². The van der Waals surface area contributed by atoms with Crippen LogP contribution in [0.3, 0.4) is 0 Å². The third-order valence-electron chi connectivity index (χ3n) is 5.63. The molecule has 1 atom stereocenters. The fourth-order valence-electron chi connectivity index (χ4n) is 4.29. The molecule has 1 aromatic carbocycles. The van der Waals surface area contributed by atoms with Gasteiger partial charge in [-0.1, -0.05) is 32.0 Å². The van der Waals surface area contributed by atoms with Gasteiger partial charge in [0.1, 0.15) is 0 Å². The molecule has 1 unspecified atom stereocenters. The lowest BCUT2D eigenvalue weighted by molar-refractivity contribution is 0.268. The summed E-state index contributed by atoms with van der Waals surface area (Å²) in [5.74, 6) is 0.453. The number of para-hydroxylation sites is 1. The van der Waals surface area contributed by atoms with Crippen LogP contribution in [0.1, 0.15) is 43.9 Å². The lowest BCUT2D eigenvalue weighted by atomic mass is 9.86. The van der Waals surface area contributed by atoms with Gasteiger partial charge >= 0.3 is 0 Å². The Hall–Kier alpha value is -1.36. The molecule has 2 aliphatic heterocycles. The zero-order valence-corrected chi connectivity index (χ0v) is 16.1. The van der Waals surface area contributed by atoms with Gasteiger partial charge < -0.3 is 5.32 Å². The van der Waals surface area contributed by atoms with Gasteiger partial charge in [-0.2, -0.15) is 5.10 Å². The fraction of sp³-hybridized carbons (Fsp3) is 0.550. The van der Waals surface area contributed by atoms with Gasteiger partial charge in [-0.25, -0.2) is 4.68 Å². The quantitative estimate of drug-likeness (QED) is 0.904. The predicted octanol–water partition coefficient (Wildman–Crippen LogP) is 3.60. The van der Waals surface area contributed by atoms with Crippen molar-refractivity contribution in [1.82, 2.24) is 20.0 Å². The molecule has 4 nitrogen and oxygen atoms in total. The van der Waals surface area contributed by atoms with E-state index in [4.69, 9.17) is 5.10 Å². The van der Waals surface area contributed by atoms with Crippen LogP contribution in [0.15, 0.2) is 36.5 Å². The highest BCUT2D eigenvalue weighted by Gasteiger charge is 2.40. The second kappa shape index (κ2) is 7.48. The number of benzene rings is 1. The van der Waals surface area contributed by atoms with E-state index < -0.39 is 0 Å². The molecular weight excluding hydrogens is 332 g/mol. The van der Waals surface area contributed by atoms with Crippen molar-refractivity contribution in [2.75, 3.05) is 26.2 Å². The smallest absolute Gasteiger partial charge is 0.0699 e. The second-order valence-electron chi connectivity index (χ2n) is 7.86. The van der Waals surface area contributed by atoms with Crippen molar-refractivity contribution >= 4 is 12.4 Å². The highest BCUT2D eigenvalue weighted by Crippen LogP contribution is 2.37. The summed E-state index contributed by atoms with van der Waals surface area (Å²) >= 11 is 0. The van der Waals surface area contributed by atoms with Gasteiger partial charge in [-0.3, -0.25) is 4.90 Å². The average molecular weight is 361 g/mol. The number of halogens is 1. The Morgan fingerprint density at radius 1 is 1.20 bits per heavy atom. The summed E-state index contributed by atoms with van der Waals surface area (Å²) in [6.45, 7) is 10.4. The molecule has 2 aliphatic rings. The molecule has 0 bridgehead atoms. The van der Waals surface area contributed by atoms with Crippen molar-refractivity contribution in [2.24, 2.45) is 5.41 Å². The maximum Gasteiger partial charge on any atom is 0.0699 e. The van der Waals surface area contributed by atoms with E-state index in [0.717, 1.165) is 12.2 Å². The Labute approximate surface area is 157 Å². The minimum Gasteiger partial charge on any atom is -0.316 e. The van der Waals surface area contributed by atoms with Crippen molar-refractivity contribution in [1.29, 1.82) is 0 Å². The first-order valence-electron chi connectivity index (χ1n) is 9.22. The molecule has 2 fully saturated rings. The Kier molecular flexibility index (Phi) is 5.52. The van der Waals surface area contributed by atoms with Crippen LogP contribution in [0.5, 0.6) is 0 Å². The Balaban J connectivity index is 0.00000182. The molecule has 0 radical (unpaired) electrons. The topological polar surface area (TPSA) is 33.1 Å². The number of nitrogens with one attached hydrogen (secondary N) is 1. The first-order valence-corrected chi connectivity index (χ1v) is 9.22. The molecule has 0 saturated carbocycles. The summed E-state index contributed by atoms with van der Waals surface area (Å²) in [5.41, 5.74) is 4.30. The van der Waals surface area contributed by atoms with Crippen LogP contribution in [0.2, 0.25) is 0 Å². The zero-order chi connectivity index (χ0) is 16.6. The Bertz CT molecular complexity index is 689. The van der Waals surface area contributed by atoms with E-state index in [1.807, 2.05) is 4.68 Å². The second-order valence-corrected chi connectivity index (χ2v) is 7.86. The number of rotatable bonds is 4. The summed E-state index contributed by atoms with van der Waals surface area (Å²) in [5, 5.41) is 8.44. The molecule has 136 valence electrons. The van der Waals surface area contributed by atoms with E-state index in [2.05, 4.69) is 60.6 Å². The number of nitrogens with zero attached hydrogens (tertiary/aromatic N) is 3. The summed E-state index contributed by atoms with van der Waals surface area (Å²) in [4.78, 5) is 2.63. The van der Waals surface area contributed by atoms with Crippen molar-refractivity contribution in [3.05, 3.63) is 47.8 Å². The standard InChI is InChI=1S/C20H28N4.ClH/c1-16(2)19-17(13-24(22-19)18-6-4-3-5-7-18)12-23-11-9-20(15-23)8-10-21-14-20;/h3-7,13,16,21H,8-12,14-15H2,1-2H3;1H. The van der Waals surface area contributed by atoms with Crippen molar-refractivity contribution < 1.29 is 0 Å². The summed E-state index contributed by atoms with van der Waals surface area (Å²) in [7, 11) is 0. The maximum absolute atomic E-state index is 4.89. The van der Waals surface area contributed by atoms with Crippen LogP contribution >= 0.6 is 12.4 Å². The van der Waals surface area contributed by atoms with E-state index >= 15 is 0 Å². The minimum absolute atomic E-state index is 0. The maximum atomic E-state index is 4.89. The van der Waals surface area contributed by atoms with Crippen LogP contribution in [0, 0.1) is 5.41 Å². The third-order valence-corrected chi connectivity index (χ3v) is 5.63. The van der Waals surface area contributed by atoms with Gasteiger partial charge in [-0.15, -0.1) is 12.4 Å². The van der Waals surface area contributed by atoms with Gasteiger partial charge in [0, 0.05) is 31.4 Å². The molecule has 1 N–H and O–H groups in total. The van der Waals surface area contributed by atoms with E-state index in [-0.39, 0.29) is 12.4 Å². The number of hydrogen-bond donors (Lipinski definition) is 1. The average Bonchev–Trinajstić information content (AvgIpc) is 3.30. The molecule has 1 spiro atoms. The van der Waals surface area contributed by atoms with Gasteiger partial charge in [0.25, 0.3) is 0 Å². The zero-order valence-electron chi connectivity index (χ0n) is 15.2. The Morgan fingerprint density at radius 3 is 2.68 bits per heavy atom. The van der Waals surface area contributed by atoms with Crippen LogP contribution in [0.25, 0.3) is 5.69 Å². The van der Waals surface area contributed by atoms with E-state index in [9.17, 15) is 0 Å². The van der Waals surface area contributed by atoms with Crippen molar-refractivity contribution in [2.45, 2.75) is 39.2 Å². The highest BCUT2D eigenvalue weighted by atomic mass is 35.5. The van der Waals surface area contributed by atoms with Gasteiger partial charge in [-0.05, 0) is 49.4 Å². The van der Waals surface area contributed by atoms with Gasteiger partial charge in [0.05, 0.1) is 11.4 Å². The van der Waals surface area contributed by atoms with Crippen molar-refractivity contribution in [3.8, 4) is 5.69 Å². The molecule has 0 amide bonds. The SMILES string of the molecule is CC(C)c1nn(-c2ccccc2)cc1CN1CCC2(CCNC2)C1.Cl. The third kappa shape index (κ3) is 3.76. The fourth-order valence-corrected chi connectivity index (χ4v) is 4.29. The van der Waals surface area contributed by atoms with Gasteiger partial charge in [0.2, 0.25) is 0 Å². The molecule has 25 heavy (non-hydrogen) atoms. The number of likely N-dealkylation sites (tertiary alicyclic amines) is 1. The van der Waals surface area contributed by atoms with Gasteiger partial charge in [0.15, 0.2) is 0 Å². The molecule has 0 aliphatic carbocycles. The summed E-state index contributed by atoms with van der Waals surface area (Å²) in [6, 6.07) is 10.4. The monoisotopic (exact) mass is 360 g/mol. The molecule has 3 heterocycles. The molecular formula is C20H29ClN4. The van der Waals surface area contributed by atoms with Crippen molar-refractivity contribution in [3.63, 3.8) is 0 Å². The summed E-state index contributed by atoms with van der Waals surface area (Å²) in [6.07, 6.45) is 4.91. The van der Waals surface area contributed by atoms with Crippen LogP contribution in [-0.2, 0) is 6.54 Å². The first kappa shape index (κ1) is 18.4. The number of aromatic nitrogens is 2. The van der Waals surface area contributed by atoms with E-state index in [1.54, 1.807) is 0 Å². The largest absolute Gasteiger partial charge is 0.316 e. The van der Waals surface area contributed by atoms with E-state index in [1.165, 1.54) is 50.3 Å². The molecule has 4 rings (SSSR count). The first-order chi connectivity index (χ1) is 11.7. The number of hydrogen-bond acceptors (Lipinski definition) is 3.